The van der Waals surface area contributed by atoms with Crippen LogP contribution in [-0.2, 0) is 7.05 Å². The van der Waals surface area contributed by atoms with Gasteiger partial charge in [-0.05, 0) is 6.92 Å². The highest BCUT2D eigenvalue weighted by atomic mass is 16.1. The van der Waals surface area contributed by atoms with Crippen LogP contribution in [0.2, 0.25) is 0 Å². The maximum atomic E-state index is 11.3. The van der Waals surface area contributed by atoms with E-state index in [-0.39, 0.29) is 0 Å². The Balaban J connectivity index is 2.31. The molecule has 92 valence electrons. The van der Waals surface area contributed by atoms with Crippen LogP contribution < -0.4 is 11.4 Å². The number of anilines is 1. The largest absolute Gasteiger partial charge is 0.396 e. The first-order valence-electron chi connectivity index (χ1n) is 5.42. The molecule has 0 aliphatic carbocycles. The van der Waals surface area contributed by atoms with Crippen LogP contribution >= 0.6 is 0 Å². The first kappa shape index (κ1) is 10.6. The molecule has 0 aliphatic heterocycles. The van der Waals surface area contributed by atoms with Crippen molar-refractivity contribution in [2.45, 2.75) is 6.92 Å². The zero-order valence-corrected chi connectivity index (χ0v) is 10.0. The highest BCUT2D eigenvalue weighted by Gasteiger charge is 2.13. The average Bonchev–Trinajstić information content (AvgIpc) is 2.81. The van der Waals surface area contributed by atoms with Crippen molar-refractivity contribution in [2.75, 3.05) is 5.73 Å². The van der Waals surface area contributed by atoms with E-state index in [1.165, 1.54) is 6.20 Å². The van der Waals surface area contributed by atoms with E-state index < -0.39 is 5.69 Å². The zero-order chi connectivity index (χ0) is 12.9. The number of aryl methyl sites for hydroxylation is 2. The summed E-state index contributed by atoms with van der Waals surface area (Å²) < 4.78 is 3.76. The molecule has 0 radical (unpaired) electrons. The van der Waals surface area contributed by atoms with Crippen molar-refractivity contribution in [1.29, 1.82) is 0 Å². The third-order valence-electron chi connectivity index (χ3n) is 2.85. The summed E-state index contributed by atoms with van der Waals surface area (Å²) in [6, 6.07) is 0. The van der Waals surface area contributed by atoms with E-state index >= 15 is 0 Å². The van der Waals surface area contributed by atoms with Crippen molar-refractivity contribution in [3.05, 3.63) is 34.8 Å². The Morgan fingerprint density at radius 2 is 2.17 bits per heavy atom. The second-order valence-corrected chi connectivity index (χ2v) is 4.18. The van der Waals surface area contributed by atoms with Gasteiger partial charge in [-0.2, -0.15) is 4.98 Å². The van der Waals surface area contributed by atoms with Gasteiger partial charge in [0.1, 0.15) is 0 Å². The number of hydrogen-bond donors (Lipinski definition) is 2. The number of aromatic amines is 1. The van der Waals surface area contributed by atoms with Crippen LogP contribution in [0.3, 0.4) is 0 Å². The fourth-order valence-electron chi connectivity index (χ4n) is 2.02. The molecule has 0 aliphatic rings. The number of H-pyrrole nitrogens is 1. The number of nitrogens with zero attached hydrogens (tertiary/aromatic N) is 4. The van der Waals surface area contributed by atoms with Crippen LogP contribution in [0, 0.1) is 6.92 Å². The van der Waals surface area contributed by atoms with Gasteiger partial charge in [0, 0.05) is 19.4 Å². The molecule has 0 saturated heterocycles. The first-order chi connectivity index (χ1) is 8.56. The normalized spacial score (nSPS) is 11.2. The van der Waals surface area contributed by atoms with Crippen LogP contribution in [0.15, 0.2) is 23.4 Å². The molecular formula is C11H12N6O. The van der Waals surface area contributed by atoms with Gasteiger partial charge < -0.3 is 15.3 Å². The highest BCUT2D eigenvalue weighted by Crippen LogP contribution is 2.23. The first-order valence-corrected chi connectivity index (χ1v) is 5.42. The molecule has 0 bridgehead atoms. The topological polar surface area (TPSA) is 94.0 Å². The van der Waals surface area contributed by atoms with Crippen molar-refractivity contribution >= 4 is 11.5 Å². The Morgan fingerprint density at radius 1 is 1.39 bits per heavy atom. The summed E-state index contributed by atoms with van der Waals surface area (Å²) in [6.07, 6.45) is 5.14. The molecule has 3 aromatic rings. The van der Waals surface area contributed by atoms with Gasteiger partial charge >= 0.3 is 5.69 Å². The molecule has 0 amide bonds. The van der Waals surface area contributed by atoms with Gasteiger partial charge in [0.25, 0.3) is 0 Å². The Hall–Kier alpha value is -2.57. The summed E-state index contributed by atoms with van der Waals surface area (Å²) in [5.74, 6) is 0.791. The molecular weight excluding hydrogens is 232 g/mol. The number of rotatable bonds is 1. The maximum absolute atomic E-state index is 11.3. The number of hydrogen-bond acceptors (Lipinski definition) is 4. The Bertz CT molecular complexity index is 794. The van der Waals surface area contributed by atoms with Crippen molar-refractivity contribution in [1.82, 2.24) is 23.9 Å². The van der Waals surface area contributed by atoms with E-state index in [1.54, 1.807) is 0 Å². The number of nitrogens with one attached hydrogen (secondary N) is 1. The summed E-state index contributed by atoms with van der Waals surface area (Å²) in [6.45, 7) is 1.93. The molecule has 0 unspecified atom stereocenters. The fourth-order valence-corrected chi connectivity index (χ4v) is 2.02. The maximum Gasteiger partial charge on any atom is 0.345 e. The van der Waals surface area contributed by atoms with Crippen molar-refractivity contribution in [2.24, 2.45) is 7.05 Å². The Labute approximate surface area is 102 Å². The number of nitrogens with two attached hydrogens (primary N) is 1. The predicted octanol–water partition coefficient (Wildman–Crippen LogP) is 0.314. The summed E-state index contributed by atoms with van der Waals surface area (Å²) in [5.41, 5.74) is 8.12. The summed E-state index contributed by atoms with van der Waals surface area (Å²) in [5, 5.41) is 0. The van der Waals surface area contributed by atoms with E-state index in [1.807, 2.05) is 35.3 Å². The second kappa shape index (κ2) is 3.46. The molecule has 3 rings (SSSR count). The lowest BCUT2D eigenvalue weighted by atomic mass is 10.3. The second-order valence-electron chi connectivity index (χ2n) is 4.18. The van der Waals surface area contributed by atoms with Gasteiger partial charge in [-0.25, -0.2) is 9.78 Å². The summed E-state index contributed by atoms with van der Waals surface area (Å²) >= 11 is 0. The van der Waals surface area contributed by atoms with E-state index in [0.717, 1.165) is 17.2 Å². The molecule has 0 spiro atoms. The van der Waals surface area contributed by atoms with E-state index in [2.05, 4.69) is 15.0 Å². The standard InChI is InChI=1S/C11H12N6O/c1-6-4-17-5-8(16(2)11(17)14-6)9-7(12)3-13-10(18)15-9/h3-5H,12H2,1-2H3,(H,13,15,18). The molecule has 0 atom stereocenters. The van der Waals surface area contributed by atoms with E-state index in [9.17, 15) is 4.79 Å². The fraction of sp³-hybridized carbons (Fsp3) is 0.182. The molecule has 3 N–H and O–H groups in total. The third kappa shape index (κ3) is 1.41. The molecule has 0 fully saturated rings. The Kier molecular flexibility index (Phi) is 2.03. The number of fused-ring (bicyclic) bond motifs is 1. The predicted molar refractivity (Wildman–Crippen MR) is 67.2 cm³/mol. The van der Waals surface area contributed by atoms with Crippen molar-refractivity contribution < 1.29 is 0 Å². The lowest BCUT2D eigenvalue weighted by Crippen LogP contribution is -2.13. The van der Waals surface area contributed by atoms with Gasteiger partial charge in [0.15, 0.2) is 0 Å². The molecule has 0 aromatic carbocycles. The molecule has 18 heavy (non-hydrogen) atoms. The Morgan fingerprint density at radius 3 is 2.89 bits per heavy atom. The zero-order valence-electron chi connectivity index (χ0n) is 10.0. The summed E-state index contributed by atoms with van der Waals surface area (Å²) in [4.78, 5) is 21.9. The minimum atomic E-state index is -0.422. The van der Waals surface area contributed by atoms with Gasteiger partial charge in [-0.1, -0.05) is 0 Å². The highest BCUT2D eigenvalue weighted by molar-refractivity contribution is 5.70. The van der Waals surface area contributed by atoms with E-state index in [0.29, 0.717) is 11.4 Å². The van der Waals surface area contributed by atoms with Gasteiger partial charge in [0.2, 0.25) is 5.78 Å². The lowest BCUT2D eigenvalue weighted by Gasteiger charge is -2.04. The van der Waals surface area contributed by atoms with Crippen LogP contribution in [0.4, 0.5) is 5.69 Å². The minimum absolute atomic E-state index is 0.422. The molecule has 7 heteroatoms. The van der Waals surface area contributed by atoms with Crippen molar-refractivity contribution in [3.63, 3.8) is 0 Å². The third-order valence-corrected chi connectivity index (χ3v) is 2.85. The van der Waals surface area contributed by atoms with Crippen LogP contribution in [0.5, 0.6) is 0 Å². The molecule has 3 heterocycles. The SMILES string of the molecule is Cc1cn2cc(-c3[nH]c(=O)ncc3N)n(C)c2n1. The van der Waals surface area contributed by atoms with Crippen LogP contribution in [-0.4, -0.2) is 23.9 Å². The number of nitrogen functional groups attached to an aromatic ring is 1. The molecule has 3 aromatic heterocycles. The van der Waals surface area contributed by atoms with Gasteiger partial charge in [-0.3, -0.25) is 4.40 Å². The lowest BCUT2D eigenvalue weighted by molar-refractivity contribution is 0.932. The van der Waals surface area contributed by atoms with Gasteiger partial charge in [-0.15, -0.1) is 0 Å². The van der Waals surface area contributed by atoms with Crippen LogP contribution in [0.25, 0.3) is 17.2 Å². The summed E-state index contributed by atoms with van der Waals surface area (Å²) in [7, 11) is 1.87. The smallest absolute Gasteiger partial charge is 0.345 e. The molecule has 7 nitrogen and oxygen atoms in total. The monoisotopic (exact) mass is 244 g/mol. The van der Waals surface area contributed by atoms with E-state index in [4.69, 9.17) is 5.73 Å². The van der Waals surface area contributed by atoms with Crippen molar-refractivity contribution in [3.8, 4) is 11.4 Å². The average molecular weight is 244 g/mol. The van der Waals surface area contributed by atoms with Crippen LogP contribution in [0.1, 0.15) is 5.69 Å². The number of aromatic nitrogens is 5. The molecule has 0 saturated carbocycles. The quantitative estimate of drug-likeness (QED) is 0.644. The van der Waals surface area contributed by atoms with Gasteiger partial charge in [0.05, 0.1) is 29.0 Å². The number of imidazole rings is 2. The minimum Gasteiger partial charge on any atom is -0.396 e.